The van der Waals surface area contributed by atoms with E-state index in [1.165, 1.54) is 0 Å². The highest BCUT2D eigenvalue weighted by Gasteiger charge is 2.16. The van der Waals surface area contributed by atoms with Crippen LogP contribution in [0.1, 0.15) is 45.7 Å². The van der Waals surface area contributed by atoms with Gasteiger partial charge in [-0.15, -0.1) is 0 Å². The first-order valence-corrected chi connectivity index (χ1v) is 12.1. The van der Waals surface area contributed by atoms with Crippen LogP contribution in [0.3, 0.4) is 0 Å². The summed E-state index contributed by atoms with van der Waals surface area (Å²) in [5, 5.41) is 2.86. The van der Waals surface area contributed by atoms with Gasteiger partial charge >= 0.3 is 5.97 Å². The molecule has 1 aromatic heterocycles. The molecule has 0 radical (unpaired) electrons. The highest BCUT2D eigenvalue weighted by atomic mass is 16.5. The fraction of sp³-hybridized carbons (Fsp3) is 0.167. The van der Waals surface area contributed by atoms with Gasteiger partial charge in [0.05, 0.1) is 18.8 Å². The Hall–Kier alpha value is -4.49. The Balaban J connectivity index is 1.45. The topological polar surface area (TPSA) is 104 Å². The van der Waals surface area contributed by atoms with Gasteiger partial charge in [0.2, 0.25) is 0 Å². The van der Waals surface area contributed by atoms with E-state index in [4.69, 9.17) is 15.2 Å². The minimum atomic E-state index is -0.421. The predicted octanol–water partition coefficient (Wildman–Crippen LogP) is 5.65. The number of aromatic nitrogens is 1. The first kappa shape index (κ1) is 25.6. The van der Waals surface area contributed by atoms with Gasteiger partial charge in [-0.05, 0) is 72.1 Å². The van der Waals surface area contributed by atoms with Crippen molar-refractivity contribution in [1.29, 1.82) is 0 Å². The number of rotatable bonds is 10. The van der Waals surface area contributed by atoms with Crippen LogP contribution in [0.5, 0.6) is 5.75 Å². The van der Waals surface area contributed by atoms with Gasteiger partial charge in [0, 0.05) is 36.1 Å². The Labute approximate surface area is 216 Å². The molecule has 3 N–H and O–H groups in total. The van der Waals surface area contributed by atoms with Crippen LogP contribution in [0, 0.1) is 0 Å². The number of nitrogens with one attached hydrogen (secondary N) is 1. The number of benzene rings is 3. The summed E-state index contributed by atoms with van der Waals surface area (Å²) in [7, 11) is 0. The Morgan fingerprint density at radius 1 is 0.892 bits per heavy atom. The fourth-order valence-electron chi connectivity index (χ4n) is 3.81. The number of ether oxygens (including phenoxy) is 2. The Morgan fingerprint density at radius 3 is 2.43 bits per heavy atom. The Bertz CT molecular complexity index is 1340. The summed E-state index contributed by atoms with van der Waals surface area (Å²) in [6.45, 7) is 2.57. The van der Waals surface area contributed by atoms with Gasteiger partial charge in [-0.3, -0.25) is 9.78 Å². The molecular weight excluding hydrogens is 466 g/mol. The standard InChI is InChI=1S/C30H29N3O4/c1-21(31)27-12-11-23(29(34)33-25-13-15-32-16-14-25)20-28(27)22-7-5-8-24(19-22)30(35)37-18-6-17-36-26-9-3-2-4-10-26/h2-5,7-16,19-21H,6,17-18,31H2,1H3,(H,32,33,34). The van der Waals surface area contributed by atoms with Gasteiger partial charge in [-0.1, -0.05) is 36.4 Å². The lowest BCUT2D eigenvalue weighted by molar-refractivity contribution is 0.0486. The molecule has 0 saturated carbocycles. The number of nitrogens with zero attached hydrogens (tertiary/aromatic N) is 1. The molecule has 0 spiro atoms. The molecule has 0 aliphatic heterocycles. The molecule has 3 aromatic carbocycles. The van der Waals surface area contributed by atoms with E-state index >= 15 is 0 Å². The van der Waals surface area contributed by atoms with Crippen LogP contribution in [0.2, 0.25) is 0 Å². The van der Waals surface area contributed by atoms with E-state index in [0.717, 1.165) is 22.4 Å². The monoisotopic (exact) mass is 495 g/mol. The number of anilines is 1. The van der Waals surface area contributed by atoms with Crippen molar-refractivity contribution < 1.29 is 19.1 Å². The third kappa shape index (κ3) is 7.02. The Kier molecular flexibility index (Phi) is 8.62. The van der Waals surface area contributed by atoms with Crippen molar-refractivity contribution in [2.45, 2.75) is 19.4 Å². The molecule has 0 bridgehead atoms. The first-order chi connectivity index (χ1) is 18.0. The van der Waals surface area contributed by atoms with Crippen LogP contribution >= 0.6 is 0 Å². The van der Waals surface area contributed by atoms with Crippen LogP contribution in [0.4, 0.5) is 5.69 Å². The van der Waals surface area contributed by atoms with Crippen molar-refractivity contribution in [3.05, 3.63) is 114 Å². The lowest BCUT2D eigenvalue weighted by atomic mass is 9.92. The molecule has 7 heteroatoms. The number of pyridine rings is 1. The minimum absolute atomic E-state index is 0.242. The van der Waals surface area contributed by atoms with Crippen molar-refractivity contribution in [2.24, 2.45) is 5.73 Å². The first-order valence-electron chi connectivity index (χ1n) is 12.1. The molecule has 37 heavy (non-hydrogen) atoms. The molecule has 1 amide bonds. The number of amides is 1. The van der Waals surface area contributed by atoms with E-state index in [9.17, 15) is 9.59 Å². The van der Waals surface area contributed by atoms with Crippen molar-refractivity contribution in [3.63, 3.8) is 0 Å². The quantitative estimate of drug-likeness (QED) is 0.218. The maximum absolute atomic E-state index is 12.9. The predicted molar refractivity (Wildman–Crippen MR) is 144 cm³/mol. The SMILES string of the molecule is CC(N)c1ccc(C(=O)Nc2ccncc2)cc1-c1cccc(C(=O)OCCCOc2ccccc2)c1. The molecule has 7 nitrogen and oxygen atoms in total. The number of carbonyl (C=O) groups excluding carboxylic acids is 2. The number of nitrogens with two attached hydrogens (primary N) is 1. The minimum Gasteiger partial charge on any atom is -0.493 e. The average molecular weight is 496 g/mol. The summed E-state index contributed by atoms with van der Waals surface area (Å²) in [6.07, 6.45) is 3.80. The molecular formula is C30H29N3O4. The largest absolute Gasteiger partial charge is 0.493 e. The summed E-state index contributed by atoms with van der Waals surface area (Å²) >= 11 is 0. The third-order valence-electron chi connectivity index (χ3n) is 5.69. The van der Waals surface area contributed by atoms with E-state index in [1.807, 2.05) is 49.4 Å². The van der Waals surface area contributed by atoms with Gasteiger partial charge in [0.1, 0.15) is 5.75 Å². The number of hydrogen-bond donors (Lipinski definition) is 2. The second kappa shape index (κ2) is 12.5. The second-order valence-electron chi connectivity index (χ2n) is 8.51. The zero-order valence-corrected chi connectivity index (χ0v) is 20.6. The normalized spacial score (nSPS) is 11.4. The van der Waals surface area contributed by atoms with Gasteiger partial charge < -0.3 is 20.5 Å². The molecule has 0 aliphatic carbocycles. The number of carbonyl (C=O) groups is 2. The van der Waals surface area contributed by atoms with Crippen LogP contribution in [-0.2, 0) is 4.74 Å². The number of para-hydroxylation sites is 1. The van der Waals surface area contributed by atoms with Crippen molar-refractivity contribution in [2.75, 3.05) is 18.5 Å². The Morgan fingerprint density at radius 2 is 1.68 bits per heavy atom. The molecule has 4 aromatic rings. The molecule has 0 saturated heterocycles. The molecule has 1 unspecified atom stereocenters. The van der Waals surface area contributed by atoms with E-state index in [-0.39, 0.29) is 18.6 Å². The van der Waals surface area contributed by atoms with Gasteiger partial charge in [-0.2, -0.15) is 0 Å². The van der Waals surface area contributed by atoms with Gasteiger partial charge in [0.15, 0.2) is 0 Å². The third-order valence-corrected chi connectivity index (χ3v) is 5.69. The molecule has 0 fully saturated rings. The van der Waals surface area contributed by atoms with E-state index in [1.54, 1.807) is 54.9 Å². The van der Waals surface area contributed by atoms with Crippen molar-refractivity contribution >= 4 is 17.6 Å². The lowest BCUT2D eigenvalue weighted by Crippen LogP contribution is -2.14. The van der Waals surface area contributed by atoms with Crippen LogP contribution in [0.25, 0.3) is 11.1 Å². The van der Waals surface area contributed by atoms with Gasteiger partial charge in [-0.25, -0.2) is 4.79 Å². The van der Waals surface area contributed by atoms with Gasteiger partial charge in [0.25, 0.3) is 5.91 Å². The molecule has 1 heterocycles. The van der Waals surface area contributed by atoms with Crippen LogP contribution in [-0.4, -0.2) is 30.1 Å². The van der Waals surface area contributed by atoms with Crippen LogP contribution < -0.4 is 15.8 Å². The lowest BCUT2D eigenvalue weighted by Gasteiger charge is -2.16. The molecule has 0 aliphatic rings. The number of hydrogen-bond acceptors (Lipinski definition) is 6. The summed E-state index contributed by atoms with van der Waals surface area (Å²) in [4.78, 5) is 29.5. The summed E-state index contributed by atoms with van der Waals surface area (Å²) in [6, 6.07) is 25.2. The summed E-state index contributed by atoms with van der Waals surface area (Å²) in [5.74, 6) is 0.107. The summed E-state index contributed by atoms with van der Waals surface area (Å²) in [5.41, 5.74) is 10.2. The number of esters is 1. The molecule has 188 valence electrons. The highest BCUT2D eigenvalue weighted by Crippen LogP contribution is 2.30. The zero-order chi connectivity index (χ0) is 26.0. The molecule has 4 rings (SSSR count). The van der Waals surface area contributed by atoms with Crippen molar-refractivity contribution in [3.8, 4) is 16.9 Å². The maximum atomic E-state index is 12.9. The smallest absolute Gasteiger partial charge is 0.338 e. The zero-order valence-electron chi connectivity index (χ0n) is 20.6. The second-order valence-corrected chi connectivity index (χ2v) is 8.51. The van der Waals surface area contributed by atoms with Crippen LogP contribution in [0.15, 0.2) is 97.3 Å². The van der Waals surface area contributed by atoms with E-state index < -0.39 is 5.97 Å². The molecule has 1 atom stereocenters. The summed E-state index contributed by atoms with van der Waals surface area (Å²) < 4.78 is 11.1. The maximum Gasteiger partial charge on any atom is 0.338 e. The fourth-order valence-corrected chi connectivity index (χ4v) is 3.81. The highest BCUT2D eigenvalue weighted by molar-refractivity contribution is 6.05. The van der Waals surface area contributed by atoms with E-state index in [2.05, 4.69) is 10.3 Å². The van der Waals surface area contributed by atoms with Crippen molar-refractivity contribution in [1.82, 2.24) is 4.98 Å². The average Bonchev–Trinajstić information content (AvgIpc) is 2.93. The van der Waals surface area contributed by atoms with E-state index in [0.29, 0.717) is 29.8 Å².